The van der Waals surface area contributed by atoms with Gasteiger partial charge in [0, 0.05) is 32.9 Å². The molecule has 2 aromatic heterocycles. The number of para-hydroxylation sites is 1. The Bertz CT molecular complexity index is 2870. The van der Waals surface area contributed by atoms with E-state index >= 15 is 0 Å². The SMILES string of the molecule is Cc1ccc2c3cc(-c4ccc5c(c4)c4ccccc4n5-c4ccc(-c5ccccc5)cc4)ccc3n(-c3ccc(-c4ccccc4)cc3)c2c1. The Labute approximate surface area is 297 Å². The average Bonchev–Trinajstić information content (AvgIpc) is 3.70. The van der Waals surface area contributed by atoms with Crippen LogP contribution < -0.4 is 0 Å². The van der Waals surface area contributed by atoms with Crippen LogP contribution in [0.3, 0.4) is 0 Å². The van der Waals surface area contributed by atoms with Gasteiger partial charge in [0.2, 0.25) is 0 Å². The molecule has 0 amide bonds. The molecule has 0 spiro atoms. The third kappa shape index (κ3) is 4.87. The van der Waals surface area contributed by atoms with E-state index in [0.717, 1.165) is 5.69 Å². The number of benzene rings is 8. The van der Waals surface area contributed by atoms with Gasteiger partial charge >= 0.3 is 0 Å². The molecule has 0 aliphatic rings. The molecule has 10 aromatic rings. The molecule has 0 saturated carbocycles. The molecule has 8 aromatic carbocycles. The average molecular weight is 651 g/mol. The molecule has 2 heterocycles. The van der Waals surface area contributed by atoms with Crippen molar-refractivity contribution in [1.82, 2.24) is 9.13 Å². The van der Waals surface area contributed by atoms with Crippen molar-refractivity contribution in [3.05, 3.63) is 194 Å². The zero-order valence-electron chi connectivity index (χ0n) is 28.3. The first-order valence-electron chi connectivity index (χ1n) is 17.6. The van der Waals surface area contributed by atoms with E-state index in [2.05, 4.69) is 204 Å². The van der Waals surface area contributed by atoms with Gasteiger partial charge in [-0.15, -0.1) is 0 Å². The first-order valence-corrected chi connectivity index (χ1v) is 17.6. The molecule has 0 saturated heterocycles. The smallest absolute Gasteiger partial charge is 0.0543 e. The van der Waals surface area contributed by atoms with Gasteiger partial charge in [-0.25, -0.2) is 0 Å². The first-order chi connectivity index (χ1) is 25.2. The quantitative estimate of drug-likeness (QED) is 0.175. The van der Waals surface area contributed by atoms with Gasteiger partial charge in [-0.05, 0) is 107 Å². The second kappa shape index (κ2) is 11.8. The monoisotopic (exact) mass is 650 g/mol. The standard InChI is InChI=1S/C49H34N2/c1-33-16-27-43-45-32-39(22-29-48(45)51(49(43)30-33)41-25-19-37(20-26-41)35-12-6-3-7-13-35)38-21-28-47-44(31-38)42-14-8-9-15-46(42)50(47)40-23-17-36(18-24-40)34-10-4-2-5-11-34/h2-32H,1H3. The van der Waals surface area contributed by atoms with Crippen LogP contribution in [-0.2, 0) is 0 Å². The minimum Gasteiger partial charge on any atom is -0.309 e. The maximum Gasteiger partial charge on any atom is 0.0543 e. The molecular weight excluding hydrogens is 617 g/mol. The molecule has 0 atom stereocenters. The second-order valence-electron chi connectivity index (χ2n) is 13.5. The van der Waals surface area contributed by atoms with Crippen LogP contribution in [0.5, 0.6) is 0 Å². The van der Waals surface area contributed by atoms with Crippen molar-refractivity contribution in [2.24, 2.45) is 0 Å². The normalized spacial score (nSPS) is 11.6. The fourth-order valence-corrected chi connectivity index (χ4v) is 7.89. The summed E-state index contributed by atoms with van der Waals surface area (Å²) in [5.74, 6) is 0. The van der Waals surface area contributed by atoms with Gasteiger partial charge in [0.05, 0.1) is 22.1 Å². The largest absolute Gasteiger partial charge is 0.309 e. The van der Waals surface area contributed by atoms with Crippen LogP contribution in [0.15, 0.2) is 188 Å². The third-order valence-corrected chi connectivity index (χ3v) is 10.4. The molecule has 0 unspecified atom stereocenters. The lowest BCUT2D eigenvalue weighted by Crippen LogP contribution is -1.94. The van der Waals surface area contributed by atoms with Crippen molar-refractivity contribution in [2.75, 3.05) is 0 Å². The van der Waals surface area contributed by atoms with Gasteiger partial charge in [-0.2, -0.15) is 0 Å². The summed E-state index contributed by atoms with van der Waals surface area (Å²) in [6, 6.07) is 68.5. The molecule has 0 aliphatic carbocycles. The van der Waals surface area contributed by atoms with E-state index in [1.54, 1.807) is 0 Å². The van der Waals surface area contributed by atoms with E-state index in [-0.39, 0.29) is 0 Å². The van der Waals surface area contributed by atoms with Crippen molar-refractivity contribution in [1.29, 1.82) is 0 Å². The van der Waals surface area contributed by atoms with Crippen molar-refractivity contribution >= 4 is 43.6 Å². The Hall–Kier alpha value is -6.64. The number of hydrogen-bond acceptors (Lipinski definition) is 0. The zero-order valence-corrected chi connectivity index (χ0v) is 28.3. The lowest BCUT2D eigenvalue weighted by atomic mass is 10.0. The van der Waals surface area contributed by atoms with Gasteiger partial charge in [-0.3, -0.25) is 0 Å². The minimum absolute atomic E-state index is 1.16. The summed E-state index contributed by atoms with van der Waals surface area (Å²) in [5, 5.41) is 5.04. The van der Waals surface area contributed by atoms with E-state index in [1.807, 2.05) is 0 Å². The third-order valence-electron chi connectivity index (χ3n) is 10.4. The lowest BCUT2D eigenvalue weighted by molar-refractivity contribution is 1.18. The van der Waals surface area contributed by atoms with E-state index in [9.17, 15) is 0 Å². The predicted molar refractivity (Wildman–Crippen MR) is 216 cm³/mol. The van der Waals surface area contributed by atoms with Gasteiger partial charge < -0.3 is 9.13 Å². The second-order valence-corrected chi connectivity index (χ2v) is 13.5. The molecule has 0 aliphatic heterocycles. The van der Waals surface area contributed by atoms with E-state index in [1.165, 1.54) is 88.2 Å². The summed E-state index contributed by atoms with van der Waals surface area (Å²) in [4.78, 5) is 0. The Balaban J connectivity index is 1.09. The summed E-state index contributed by atoms with van der Waals surface area (Å²) < 4.78 is 4.81. The fraction of sp³-hybridized carbons (Fsp3) is 0.0204. The number of hydrogen-bond donors (Lipinski definition) is 0. The molecule has 0 bridgehead atoms. The molecule has 51 heavy (non-hydrogen) atoms. The van der Waals surface area contributed by atoms with Crippen molar-refractivity contribution in [2.45, 2.75) is 6.92 Å². The van der Waals surface area contributed by atoms with E-state index < -0.39 is 0 Å². The Morgan fingerprint density at radius 2 is 0.686 bits per heavy atom. The van der Waals surface area contributed by atoms with Crippen LogP contribution in [-0.4, -0.2) is 9.13 Å². The lowest BCUT2D eigenvalue weighted by Gasteiger charge is -2.11. The van der Waals surface area contributed by atoms with Crippen LogP contribution in [0.1, 0.15) is 5.56 Å². The van der Waals surface area contributed by atoms with Crippen LogP contribution >= 0.6 is 0 Å². The molecule has 0 radical (unpaired) electrons. The predicted octanol–water partition coefficient (Wildman–Crippen LogP) is 13.2. The van der Waals surface area contributed by atoms with Crippen LogP contribution in [0.2, 0.25) is 0 Å². The summed E-state index contributed by atoms with van der Waals surface area (Å²) in [7, 11) is 0. The van der Waals surface area contributed by atoms with Gasteiger partial charge in [0.25, 0.3) is 0 Å². The molecule has 10 rings (SSSR count). The van der Waals surface area contributed by atoms with Crippen LogP contribution in [0.25, 0.3) is 88.4 Å². The van der Waals surface area contributed by atoms with E-state index in [4.69, 9.17) is 0 Å². The highest BCUT2D eigenvalue weighted by Gasteiger charge is 2.16. The Kier molecular flexibility index (Phi) is 6.75. The first kappa shape index (κ1) is 29.3. The highest BCUT2D eigenvalue weighted by Crippen LogP contribution is 2.39. The number of aromatic nitrogens is 2. The Morgan fingerprint density at radius 3 is 1.24 bits per heavy atom. The molecule has 2 nitrogen and oxygen atoms in total. The minimum atomic E-state index is 1.16. The molecule has 0 fully saturated rings. The van der Waals surface area contributed by atoms with Crippen LogP contribution in [0, 0.1) is 6.92 Å². The summed E-state index contributed by atoms with van der Waals surface area (Å²) in [6.07, 6.45) is 0. The highest BCUT2D eigenvalue weighted by atomic mass is 15.0. The number of nitrogens with zero attached hydrogens (tertiary/aromatic N) is 2. The maximum atomic E-state index is 2.41. The topological polar surface area (TPSA) is 9.86 Å². The molecular formula is C49H34N2. The molecule has 0 N–H and O–H groups in total. The summed E-state index contributed by atoms with van der Waals surface area (Å²) in [6.45, 7) is 2.18. The highest BCUT2D eigenvalue weighted by molar-refractivity contribution is 6.12. The molecule has 240 valence electrons. The van der Waals surface area contributed by atoms with Gasteiger partial charge in [0.15, 0.2) is 0 Å². The maximum absolute atomic E-state index is 2.41. The molecule has 2 heteroatoms. The van der Waals surface area contributed by atoms with Crippen molar-refractivity contribution in [3.63, 3.8) is 0 Å². The van der Waals surface area contributed by atoms with Crippen molar-refractivity contribution in [3.8, 4) is 44.8 Å². The summed E-state index contributed by atoms with van der Waals surface area (Å²) >= 11 is 0. The number of rotatable bonds is 5. The van der Waals surface area contributed by atoms with E-state index in [0.29, 0.717) is 0 Å². The zero-order chi connectivity index (χ0) is 33.9. The number of aryl methyl sites for hydroxylation is 1. The van der Waals surface area contributed by atoms with Gasteiger partial charge in [0.1, 0.15) is 0 Å². The fourth-order valence-electron chi connectivity index (χ4n) is 7.89. The van der Waals surface area contributed by atoms with Crippen molar-refractivity contribution < 1.29 is 0 Å². The van der Waals surface area contributed by atoms with Gasteiger partial charge in [-0.1, -0.05) is 127 Å². The summed E-state index contributed by atoms with van der Waals surface area (Å²) in [5.41, 5.74) is 15.8. The van der Waals surface area contributed by atoms with Crippen LogP contribution in [0.4, 0.5) is 0 Å². The number of fused-ring (bicyclic) bond motifs is 6. The Morgan fingerprint density at radius 1 is 0.275 bits per heavy atom.